The summed E-state index contributed by atoms with van der Waals surface area (Å²) in [4.78, 5) is 25.8. The molecule has 0 saturated carbocycles. The Morgan fingerprint density at radius 1 is 1.32 bits per heavy atom. The Bertz CT molecular complexity index is 534. The van der Waals surface area contributed by atoms with E-state index in [0.29, 0.717) is 23.7 Å². The molecule has 1 aliphatic rings. The van der Waals surface area contributed by atoms with E-state index in [2.05, 4.69) is 10.2 Å². The van der Waals surface area contributed by atoms with Gasteiger partial charge in [-0.3, -0.25) is 14.5 Å². The van der Waals surface area contributed by atoms with Crippen LogP contribution in [0.5, 0.6) is 0 Å². The first-order valence-electron chi connectivity index (χ1n) is 7.77. The van der Waals surface area contributed by atoms with Crippen LogP contribution in [0.3, 0.4) is 0 Å². The Morgan fingerprint density at radius 3 is 2.55 bits per heavy atom. The number of carbonyl (C=O) groups is 2. The van der Waals surface area contributed by atoms with Gasteiger partial charge < -0.3 is 10.4 Å². The smallest absolute Gasteiger partial charge is 0.238 e. The van der Waals surface area contributed by atoms with Gasteiger partial charge in [0.2, 0.25) is 5.91 Å². The normalized spacial score (nSPS) is 18.0. The van der Waals surface area contributed by atoms with Crippen LogP contribution in [0.1, 0.15) is 37.0 Å². The van der Waals surface area contributed by atoms with E-state index in [1.54, 1.807) is 24.3 Å². The SMILES string of the molecule is CC(=O)c1ccccc1NC(=O)CN1CCC(C(C)O)CC1. The van der Waals surface area contributed by atoms with Crippen molar-refractivity contribution in [3.63, 3.8) is 0 Å². The van der Waals surface area contributed by atoms with Crippen molar-refractivity contribution < 1.29 is 14.7 Å². The number of Topliss-reactive ketones (excluding diaryl/α,β-unsaturated/α-hetero) is 1. The second-order valence-corrected chi connectivity index (χ2v) is 6.00. The van der Waals surface area contributed by atoms with Gasteiger partial charge >= 0.3 is 0 Å². The summed E-state index contributed by atoms with van der Waals surface area (Å²) >= 11 is 0. The van der Waals surface area contributed by atoms with Gasteiger partial charge in [0.05, 0.1) is 18.3 Å². The van der Waals surface area contributed by atoms with E-state index >= 15 is 0 Å². The molecule has 1 heterocycles. The van der Waals surface area contributed by atoms with E-state index in [1.165, 1.54) is 6.92 Å². The largest absolute Gasteiger partial charge is 0.393 e. The maximum Gasteiger partial charge on any atom is 0.238 e. The van der Waals surface area contributed by atoms with Crippen LogP contribution in [-0.4, -0.2) is 47.4 Å². The number of nitrogens with one attached hydrogen (secondary N) is 1. The van der Waals surface area contributed by atoms with Gasteiger partial charge in [-0.15, -0.1) is 0 Å². The molecule has 0 aliphatic carbocycles. The average Bonchev–Trinajstić information content (AvgIpc) is 2.48. The highest BCUT2D eigenvalue weighted by atomic mass is 16.3. The second-order valence-electron chi connectivity index (χ2n) is 6.00. The molecular formula is C17H24N2O3. The average molecular weight is 304 g/mol. The maximum absolute atomic E-state index is 12.2. The van der Waals surface area contributed by atoms with Crippen LogP contribution >= 0.6 is 0 Å². The number of benzene rings is 1. The number of amides is 1. The number of piperidine rings is 1. The maximum atomic E-state index is 12.2. The van der Waals surface area contributed by atoms with Crippen LogP contribution in [0.2, 0.25) is 0 Å². The van der Waals surface area contributed by atoms with Gasteiger partial charge in [-0.2, -0.15) is 0 Å². The molecule has 1 atom stereocenters. The first kappa shape index (κ1) is 16.6. The number of aliphatic hydroxyl groups is 1. The summed E-state index contributed by atoms with van der Waals surface area (Å²) in [6.07, 6.45) is 1.54. The third-order valence-electron chi connectivity index (χ3n) is 4.26. The van der Waals surface area contributed by atoms with Crippen molar-refractivity contribution in [1.82, 2.24) is 4.90 Å². The summed E-state index contributed by atoms with van der Waals surface area (Å²) in [6.45, 7) is 5.27. The lowest BCUT2D eigenvalue weighted by Gasteiger charge is -2.32. The molecule has 22 heavy (non-hydrogen) atoms. The first-order chi connectivity index (χ1) is 10.5. The number of nitrogens with zero attached hydrogens (tertiary/aromatic N) is 1. The third-order valence-corrected chi connectivity index (χ3v) is 4.26. The third kappa shape index (κ3) is 4.39. The molecule has 0 radical (unpaired) electrons. The molecule has 0 spiro atoms. The Hall–Kier alpha value is -1.72. The van der Waals surface area contributed by atoms with Crippen molar-refractivity contribution in [2.45, 2.75) is 32.8 Å². The molecule has 120 valence electrons. The van der Waals surface area contributed by atoms with Crippen LogP contribution < -0.4 is 5.32 Å². The lowest BCUT2D eigenvalue weighted by molar-refractivity contribution is -0.117. The minimum Gasteiger partial charge on any atom is -0.393 e. The lowest BCUT2D eigenvalue weighted by Crippen LogP contribution is -2.41. The molecule has 2 rings (SSSR count). The van der Waals surface area contributed by atoms with E-state index in [1.807, 2.05) is 6.92 Å². The van der Waals surface area contributed by atoms with E-state index in [4.69, 9.17) is 0 Å². The summed E-state index contributed by atoms with van der Waals surface area (Å²) in [5.74, 6) is 0.163. The van der Waals surface area contributed by atoms with Crippen molar-refractivity contribution in [1.29, 1.82) is 0 Å². The molecule has 2 N–H and O–H groups in total. The molecule has 1 aromatic rings. The van der Waals surface area contributed by atoms with Gasteiger partial charge in [0.15, 0.2) is 5.78 Å². The van der Waals surface area contributed by atoms with Crippen LogP contribution in [0.4, 0.5) is 5.69 Å². The highest BCUT2D eigenvalue weighted by molar-refractivity contribution is 6.04. The topological polar surface area (TPSA) is 69.6 Å². The minimum absolute atomic E-state index is 0.0614. The number of likely N-dealkylation sites (tertiary alicyclic amines) is 1. The molecule has 1 fully saturated rings. The highest BCUT2D eigenvalue weighted by Gasteiger charge is 2.23. The number of anilines is 1. The van der Waals surface area contributed by atoms with Crippen molar-refractivity contribution in [3.8, 4) is 0 Å². The summed E-state index contributed by atoms with van der Waals surface area (Å²) < 4.78 is 0. The second kappa shape index (κ2) is 7.51. The molecule has 0 bridgehead atoms. The fraction of sp³-hybridized carbons (Fsp3) is 0.529. The van der Waals surface area contributed by atoms with Crippen LogP contribution in [0.15, 0.2) is 24.3 Å². The van der Waals surface area contributed by atoms with Crippen LogP contribution in [0.25, 0.3) is 0 Å². The molecule has 5 heteroatoms. The van der Waals surface area contributed by atoms with Gasteiger partial charge in [-0.05, 0) is 57.8 Å². The molecule has 1 aliphatic heterocycles. The first-order valence-corrected chi connectivity index (χ1v) is 7.77. The molecule has 1 aromatic carbocycles. The van der Waals surface area contributed by atoms with E-state index < -0.39 is 0 Å². The predicted molar refractivity (Wildman–Crippen MR) is 85.9 cm³/mol. The summed E-state index contributed by atoms with van der Waals surface area (Å²) in [7, 11) is 0. The Kier molecular flexibility index (Phi) is 5.69. The number of para-hydroxylation sites is 1. The molecule has 1 unspecified atom stereocenters. The van der Waals surface area contributed by atoms with Gasteiger partial charge in [0, 0.05) is 5.56 Å². The van der Waals surface area contributed by atoms with E-state index in [0.717, 1.165) is 25.9 Å². The van der Waals surface area contributed by atoms with Crippen molar-refractivity contribution in [2.75, 3.05) is 25.0 Å². The minimum atomic E-state index is -0.279. The number of ketones is 1. The summed E-state index contributed by atoms with van der Waals surface area (Å²) in [5, 5.41) is 12.4. The number of rotatable bonds is 5. The summed E-state index contributed by atoms with van der Waals surface area (Å²) in [6, 6.07) is 7.05. The number of aliphatic hydroxyl groups excluding tert-OH is 1. The standard InChI is InChI=1S/C17H24N2O3/c1-12(20)14-7-9-19(10-8-14)11-17(22)18-16-6-4-3-5-15(16)13(2)21/h3-6,12,14,20H,7-11H2,1-2H3,(H,18,22). The monoisotopic (exact) mass is 304 g/mol. The Morgan fingerprint density at radius 2 is 1.95 bits per heavy atom. The Labute approximate surface area is 131 Å². The molecule has 1 saturated heterocycles. The van der Waals surface area contributed by atoms with E-state index in [9.17, 15) is 14.7 Å². The zero-order valence-electron chi connectivity index (χ0n) is 13.2. The zero-order chi connectivity index (χ0) is 16.1. The van der Waals surface area contributed by atoms with Gasteiger partial charge in [0.1, 0.15) is 0 Å². The van der Waals surface area contributed by atoms with Gasteiger partial charge in [0.25, 0.3) is 0 Å². The van der Waals surface area contributed by atoms with Gasteiger partial charge in [-0.25, -0.2) is 0 Å². The lowest BCUT2D eigenvalue weighted by atomic mass is 9.92. The van der Waals surface area contributed by atoms with Crippen molar-refractivity contribution in [3.05, 3.63) is 29.8 Å². The fourth-order valence-corrected chi connectivity index (χ4v) is 2.89. The molecular weight excluding hydrogens is 280 g/mol. The van der Waals surface area contributed by atoms with Crippen molar-refractivity contribution in [2.24, 2.45) is 5.92 Å². The molecule has 0 aromatic heterocycles. The van der Waals surface area contributed by atoms with Gasteiger partial charge in [-0.1, -0.05) is 12.1 Å². The molecule has 1 amide bonds. The summed E-state index contributed by atoms with van der Waals surface area (Å²) in [5.41, 5.74) is 1.10. The van der Waals surface area contributed by atoms with Crippen molar-refractivity contribution >= 4 is 17.4 Å². The zero-order valence-corrected chi connectivity index (χ0v) is 13.2. The number of hydrogen-bond acceptors (Lipinski definition) is 4. The Balaban J connectivity index is 1.88. The predicted octanol–water partition coefficient (Wildman–Crippen LogP) is 1.92. The van der Waals surface area contributed by atoms with E-state index in [-0.39, 0.29) is 17.8 Å². The van der Waals surface area contributed by atoms with Crippen LogP contribution in [-0.2, 0) is 4.79 Å². The highest BCUT2D eigenvalue weighted by Crippen LogP contribution is 2.20. The molecule has 5 nitrogen and oxygen atoms in total. The van der Waals surface area contributed by atoms with Crippen LogP contribution in [0, 0.1) is 5.92 Å². The number of carbonyl (C=O) groups excluding carboxylic acids is 2. The fourth-order valence-electron chi connectivity index (χ4n) is 2.89. The quantitative estimate of drug-likeness (QED) is 0.816. The number of hydrogen-bond donors (Lipinski definition) is 2.